The molecule has 0 aromatic rings. The summed E-state index contributed by atoms with van der Waals surface area (Å²) in [7, 11) is 0. The third-order valence-corrected chi connectivity index (χ3v) is 1.58. The van der Waals surface area contributed by atoms with Gasteiger partial charge in [-0.3, -0.25) is 0 Å². The van der Waals surface area contributed by atoms with E-state index < -0.39 is 43.1 Å². The van der Waals surface area contributed by atoms with E-state index in [2.05, 4.69) is 11.3 Å². The summed E-state index contributed by atoms with van der Waals surface area (Å²) in [4.78, 5) is 10.6. The molecule has 0 radical (unpaired) electrons. The Morgan fingerprint density at radius 2 is 1.65 bits per heavy atom. The number of carbonyl (C=O) groups is 1. The monoisotopic (exact) mass is 268 g/mol. The Kier molecular flexibility index (Phi) is 4.96. The number of rotatable bonds is 5. The second kappa shape index (κ2) is 5.37. The Bertz CT molecular complexity index is 295. The minimum Gasteiger partial charge on any atom is -0.462 e. The summed E-state index contributed by atoms with van der Waals surface area (Å²) in [5, 5.41) is 0. The lowest BCUT2D eigenvalue weighted by Crippen LogP contribution is -2.29. The largest absolute Gasteiger partial charge is 0.462 e. The van der Waals surface area contributed by atoms with E-state index in [1.165, 1.54) is 0 Å². The molecule has 0 spiro atoms. The molecule has 0 bridgehead atoms. The van der Waals surface area contributed by atoms with Crippen LogP contribution in [-0.4, -0.2) is 31.1 Å². The molecule has 0 saturated carbocycles. The number of carbonyl (C=O) groups excluding carboxylic acids is 1. The van der Waals surface area contributed by atoms with Gasteiger partial charge in [-0.2, -0.15) is 13.2 Å². The van der Waals surface area contributed by atoms with Crippen LogP contribution in [-0.2, 0) is 9.53 Å². The molecule has 0 rings (SSSR count). The van der Waals surface area contributed by atoms with Crippen molar-refractivity contribution in [2.45, 2.75) is 24.9 Å². The van der Waals surface area contributed by atoms with Gasteiger partial charge in [-0.1, -0.05) is 6.58 Å². The second-order valence-corrected chi connectivity index (χ2v) is 2.92. The molecule has 0 saturated heterocycles. The zero-order chi connectivity index (χ0) is 13.9. The number of esters is 1. The molecule has 0 aliphatic heterocycles. The van der Waals surface area contributed by atoms with Gasteiger partial charge < -0.3 is 4.74 Å². The Balaban J connectivity index is 4.16. The topological polar surface area (TPSA) is 26.3 Å². The molecule has 0 heterocycles. The first-order valence-electron chi connectivity index (χ1n) is 4.07. The predicted octanol–water partition coefficient (Wildman–Crippen LogP) is 2.94. The third kappa shape index (κ3) is 5.05. The molecule has 9 heteroatoms. The van der Waals surface area contributed by atoms with Gasteiger partial charge in [0.15, 0.2) is 0 Å². The maximum atomic E-state index is 12.2. The number of hydrogen-bond acceptors (Lipinski definition) is 2. The van der Waals surface area contributed by atoms with Crippen molar-refractivity contribution >= 4 is 5.97 Å². The fourth-order valence-electron chi connectivity index (χ4n) is 0.592. The first-order valence-corrected chi connectivity index (χ1v) is 4.07. The fraction of sp³-hybridized carbons (Fsp3) is 0.625. The Morgan fingerprint density at radius 1 is 1.18 bits per heavy atom. The smallest absolute Gasteiger partial charge is 0.422 e. The van der Waals surface area contributed by atoms with Crippen molar-refractivity contribution in [1.82, 2.24) is 0 Å². The molecule has 0 unspecified atom stereocenters. The van der Waals surface area contributed by atoms with Crippen LogP contribution in [0.2, 0.25) is 0 Å². The van der Waals surface area contributed by atoms with Crippen LogP contribution in [0.4, 0.5) is 30.7 Å². The van der Waals surface area contributed by atoms with Crippen molar-refractivity contribution in [3.8, 4) is 0 Å². The first kappa shape index (κ1) is 15.7. The number of halogens is 7. The molecule has 0 aromatic carbocycles. The summed E-state index contributed by atoms with van der Waals surface area (Å²) >= 11 is 0. The zero-order valence-corrected chi connectivity index (χ0v) is 8.16. The molecule has 2 nitrogen and oxygen atoms in total. The molecule has 0 aliphatic rings. The minimum absolute atomic E-state index is 1.26. The zero-order valence-electron chi connectivity index (χ0n) is 8.16. The van der Waals surface area contributed by atoms with Crippen molar-refractivity contribution in [1.29, 1.82) is 0 Å². The van der Waals surface area contributed by atoms with Crippen LogP contribution in [0.3, 0.4) is 0 Å². The van der Waals surface area contributed by atoms with E-state index in [0.717, 1.165) is 0 Å². The predicted molar refractivity (Wildman–Crippen MR) is 41.7 cm³/mol. The Labute approximate surface area is 91.0 Å². The normalized spacial score (nSPS) is 12.7. The summed E-state index contributed by atoms with van der Waals surface area (Å²) < 4.78 is 86.9. The average molecular weight is 268 g/mol. The molecule has 0 aromatic heterocycles. The number of ether oxygens (including phenoxy) is 1. The molecule has 0 aliphatic carbocycles. The number of alkyl halides is 7. The molecule has 0 atom stereocenters. The lowest BCUT2D eigenvalue weighted by Gasteiger charge is -2.15. The molecule has 17 heavy (non-hydrogen) atoms. The summed E-state index contributed by atoms with van der Waals surface area (Å²) in [5.41, 5.74) is -1.89. The van der Waals surface area contributed by atoms with E-state index in [4.69, 9.17) is 0 Å². The van der Waals surface area contributed by atoms with Gasteiger partial charge >= 0.3 is 24.5 Å². The van der Waals surface area contributed by atoms with E-state index in [9.17, 15) is 35.5 Å². The van der Waals surface area contributed by atoms with Gasteiger partial charge in [0.25, 0.3) is 0 Å². The highest BCUT2D eigenvalue weighted by molar-refractivity contribution is 5.89. The van der Waals surface area contributed by atoms with Gasteiger partial charge in [-0.15, -0.1) is 0 Å². The molecular weight excluding hydrogens is 261 g/mol. The maximum absolute atomic E-state index is 12.2. The second-order valence-electron chi connectivity index (χ2n) is 2.92. The van der Waals surface area contributed by atoms with Crippen LogP contribution in [0.1, 0.15) is 6.42 Å². The van der Waals surface area contributed by atoms with Crippen LogP contribution in [0.25, 0.3) is 0 Å². The van der Waals surface area contributed by atoms with Crippen LogP contribution in [0, 0.1) is 0 Å². The van der Waals surface area contributed by atoms with E-state index in [-0.39, 0.29) is 0 Å². The molecule has 100 valence electrons. The highest BCUT2D eigenvalue weighted by atomic mass is 19.4. The van der Waals surface area contributed by atoms with Gasteiger partial charge in [0.1, 0.15) is 5.57 Å². The van der Waals surface area contributed by atoms with Crippen molar-refractivity contribution < 1.29 is 40.3 Å². The molecule has 0 amide bonds. The van der Waals surface area contributed by atoms with Crippen LogP contribution in [0.15, 0.2) is 12.2 Å². The lowest BCUT2D eigenvalue weighted by atomic mass is 10.2. The minimum atomic E-state index is -5.05. The van der Waals surface area contributed by atoms with Crippen LogP contribution >= 0.6 is 0 Å². The van der Waals surface area contributed by atoms with E-state index >= 15 is 0 Å². The van der Waals surface area contributed by atoms with Gasteiger partial charge in [0.2, 0.25) is 0 Å². The van der Waals surface area contributed by atoms with Crippen LogP contribution in [0.5, 0.6) is 0 Å². The highest BCUT2D eigenvalue weighted by Crippen LogP contribution is 2.28. The highest BCUT2D eigenvalue weighted by Gasteiger charge is 2.41. The summed E-state index contributed by atoms with van der Waals surface area (Å²) in [5.74, 6) is -6.39. The Morgan fingerprint density at radius 3 is 2.00 bits per heavy atom. The van der Waals surface area contributed by atoms with Gasteiger partial charge in [0.05, 0.1) is 13.0 Å². The third-order valence-electron chi connectivity index (χ3n) is 1.58. The SMILES string of the molecule is C=C(C(=O)OCCC(F)(F)C(F)F)C(F)(F)F. The Hall–Kier alpha value is -1.28. The summed E-state index contributed by atoms with van der Waals surface area (Å²) in [6.07, 6.45) is -10.6. The van der Waals surface area contributed by atoms with E-state index in [1.54, 1.807) is 0 Å². The summed E-state index contributed by atoms with van der Waals surface area (Å²) in [6, 6.07) is 0. The van der Waals surface area contributed by atoms with Gasteiger partial charge in [0, 0.05) is 0 Å². The summed E-state index contributed by atoms with van der Waals surface area (Å²) in [6.45, 7) is 1.08. The maximum Gasteiger partial charge on any atom is 0.422 e. The van der Waals surface area contributed by atoms with E-state index in [1.807, 2.05) is 0 Å². The van der Waals surface area contributed by atoms with Crippen molar-refractivity contribution in [3.05, 3.63) is 12.2 Å². The van der Waals surface area contributed by atoms with E-state index in [0.29, 0.717) is 0 Å². The van der Waals surface area contributed by atoms with Crippen molar-refractivity contribution in [2.24, 2.45) is 0 Å². The average Bonchev–Trinajstić information content (AvgIpc) is 2.14. The van der Waals surface area contributed by atoms with Crippen LogP contribution < -0.4 is 0 Å². The molecule has 0 N–H and O–H groups in total. The quantitative estimate of drug-likeness (QED) is 0.435. The van der Waals surface area contributed by atoms with Gasteiger partial charge in [-0.05, 0) is 0 Å². The van der Waals surface area contributed by atoms with Crippen molar-refractivity contribution in [2.75, 3.05) is 6.61 Å². The standard InChI is InChI=1S/C8H7F7O2/c1-4(8(13,14)15)5(16)17-3-2-7(11,12)6(9)10/h6H,1-3H2. The first-order chi connectivity index (χ1) is 7.48. The molecular formula is C8H7F7O2. The lowest BCUT2D eigenvalue weighted by molar-refractivity contribution is -0.160. The molecule has 0 fully saturated rings. The fourth-order valence-corrected chi connectivity index (χ4v) is 0.592. The van der Waals surface area contributed by atoms with Gasteiger partial charge in [-0.25, -0.2) is 22.4 Å². The van der Waals surface area contributed by atoms with Crippen molar-refractivity contribution in [3.63, 3.8) is 0 Å². The number of hydrogen-bond donors (Lipinski definition) is 0.